The summed E-state index contributed by atoms with van der Waals surface area (Å²) in [6.45, 7) is 5.16. The lowest BCUT2D eigenvalue weighted by molar-refractivity contribution is -0.125. The average molecular weight is 537 g/mol. The molecule has 2 atom stereocenters. The maximum atomic E-state index is 13.4. The number of rotatable bonds is 6. The number of ether oxygens (including phenoxy) is 1. The fraction of sp³-hybridized carbons (Fsp3) is 0.290. The summed E-state index contributed by atoms with van der Waals surface area (Å²) in [6.07, 6.45) is 6.92. The van der Waals surface area contributed by atoms with E-state index < -0.39 is 0 Å². The lowest BCUT2D eigenvalue weighted by Gasteiger charge is -2.19. The molecule has 9 nitrogen and oxygen atoms in total. The number of benzene rings is 2. The molecular weight excluding hydrogens is 504 g/mol. The molecular formula is C31H32N6O3. The Morgan fingerprint density at radius 1 is 1.10 bits per heavy atom. The monoisotopic (exact) mass is 536 g/mol. The molecule has 0 radical (unpaired) electrons. The summed E-state index contributed by atoms with van der Waals surface area (Å²) in [5.41, 5.74) is 10.2. The van der Waals surface area contributed by atoms with Gasteiger partial charge in [0.25, 0.3) is 5.91 Å². The van der Waals surface area contributed by atoms with Crippen LogP contribution in [0.3, 0.4) is 0 Å². The van der Waals surface area contributed by atoms with Gasteiger partial charge in [-0.3, -0.25) is 9.59 Å². The second kappa shape index (κ2) is 10.1. The molecule has 1 saturated heterocycles. The van der Waals surface area contributed by atoms with Crippen molar-refractivity contribution >= 4 is 34.4 Å². The highest BCUT2D eigenvalue weighted by atomic mass is 16.5. The zero-order valence-electron chi connectivity index (χ0n) is 22.7. The van der Waals surface area contributed by atoms with E-state index in [9.17, 15) is 9.59 Å². The van der Waals surface area contributed by atoms with Crippen LogP contribution < -0.4 is 15.4 Å². The lowest BCUT2D eigenvalue weighted by Crippen LogP contribution is -2.28. The maximum absolute atomic E-state index is 13.4. The van der Waals surface area contributed by atoms with Crippen LogP contribution in [0.1, 0.15) is 29.2 Å². The number of hydrogen-bond donors (Lipinski definition) is 1. The number of carbonyl (C=O) groups excluding carboxylic acids is 2. The molecule has 2 aromatic carbocycles. The number of likely N-dealkylation sites (tertiary alicyclic amines) is 1. The van der Waals surface area contributed by atoms with Crippen LogP contribution >= 0.6 is 0 Å². The molecule has 0 spiro atoms. The molecule has 9 heteroatoms. The first kappa shape index (κ1) is 25.6. The molecule has 0 bridgehead atoms. The van der Waals surface area contributed by atoms with E-state index in [1.807, 2.05) is 47.4 Å². The average Bonchev–Trinajstić information content (AvgIpc) is 3.68. The number of nitrogens with zero attached hydrogens (tertiary/aromatic N) is 5. The van der Waals surface area contributed by atoms with Crippen LogP contribution in [0.2, 0.25) is 0 Å². The van der Waals surface area contributed by atoms with Crippen molar-refractivity contribution in [1.29, 1.82) is 0 Å². The summed E-state index contributed by atoms with van der Waals surface area (Å²) in [5, 5.41) is 0.783. The molecule has 2 N–H and O–H groups in total. The first-order valence-corrected chi connectivity index (χ1v) is 13.4. The summed E-state index contributed by atoms with van der Waals surface area (Å²) in [6, 6.07) is 15.3. The van der Waals surface area contributed by atoms with E-state index in [1.165, 1.54) is 12.4 Å². The summed E-state index contributed by atoms with van der Waals surface area (Å²) in [4.78, 5) is 37.9. The fourth-order valence-electron chi connectivity index (χ4n) is 6.39. The Morgan fingerprint density at radius 2 is 1.82 bits per heavy atom. The lowest BCUT2D eigenvalue weighted by atomic mass is 10.0. The topological polar surface area (TPSA) is 107 Å². The predicted molar refractivity (Wildman–Crippen MR) is 155 cm³/mol. The Balaban J connectivity index is 1.34. The Bertz CT molecular complexity index is 1600. The number of nitrogen functional groups attached to an aromatic ring is 1. The van der Waals surface area contributed by atoms with Crippen LogP contribution in [-0.4, -0.2) is 58.5 Å². The van der Waals surface area contributed by atoms with Crippen molar-refractivity contribution < 1.29 is 14.3 Å². The molecule has 1 aliphatic carbocycles. The SMILES string of the molecule is C=CC(=O)N1CC2CC(n3cc(-c4ccc(C(=O)N(C)c5ccccc5)c(OC)c4)c4c(N)ncnc43)CC2C1. The van der Waals surface area contributed by atoms with Crippen molar-refractivity contribution in [3.05, 3.63) is 79.3 Å². The van der Waals surface area contributed by atoms with E-state index in [0.29, 0.717) is 29.0 Å². The Hall–Kier alpha value is -4.66. The normalized spacial score (nSPS) is 19.9. The van der Waals surface area contributed by atoms with Crippen LogP contribution in [0.25, 0.3) is 22.2 Å². The maximum Gasteiger partial charge on any atom is 0.261 e. The molecule has 2 fully saturated rings. The van der Waals surface area contributed by atoms with E-state index in [1.54, 1.807) is 25.1 Å². The quantitative estimate of drug-likeness (QED) is 0.362. The number of hydrogen-bond acceptors (Lipinski definition) is 6. The second-order valence-corrected chi connectivity index (χ2v) is 10.6. The molecule has 2 aromatic heterocycles. The molecule has 2 amide bonds. The Kier molecular flexibility index (Phi) is 6.50. The first-order chi connectivity index (χ1) is 19.4. The van der Waals surface area contributed by atoms with Crippen molar-refractivity contribution in [2.75, 3.05) is 37.9 Å². The zero-order valence-corrected chi connectivity index (χ0v) is 22.7. The molecule has 1 aliphatic heterocycles. The number of para-hydroxylation sites is 1. The largest absolute Gasteiger partial charge is 0.496 e. The summed E-state index contributed by atoms with van der Waals surface area (Å²) in [5.74, 6) is 1.61. The Morgan fingerprint density at radius 3 is 2.50 bits per heavy atom. The van der Waals surface area contributed by atoms with Gasteiger partial charge in [0.05, 0.1) is 18.1 Å². The third-order valence-electron chi connectivity index (χ3n) is 8.44. The second-order valence-electron chi connectivity index (χ2n) is 10.6. The van der Waals surface area contributed by atoms with Crippen molar-refractivity contribution in [2.45, 2.75) is 18.9 Å². The van der Waals surface area contributed by atoms with Crippen LogP contribution in [0.4, 0.5) is 11.5 Å². The molecule has 40 heavy (non-hydrogen) atoms. The Labute approximate surface area is 232 Å². The van der Waals surface area contributed by atoms with Gasteiger partial charge < -0.3 is 24.8 Å². The molecule has 1 saturated carbocycles. The van der Waals surface area contributed by atoms with Crippen LogP contribution in [0.15, 0.2) is 73.7 Å². The number of aromatic nitrogens is 3. The smallest absolute Gasteiger partial charge is 0.261 e. The fourth-order valence-corrected chi connectivity index (χ4v) is 6.39. The molecule has 2 unspecified atom stereocenters. The van der Waals surface area contributed by atoms with E-state index in [2.05, 4.69) is 27.3 Å². The predicted octanol–water partition coefficient (Wildman–Crippen LogP) is 4.56. The molecule has 3 heterocycles. The van der Waals surface area contributed by atoms with Gasteiger partial charge in [0.2, 0.25) is 5.91 Å². The van der Waals surface area contributed by atoms with Gasteiger partial charge in [0.1, 0.15) is 23.5 Å². The standard InChI is InChI=1S/C31H32N6O3/c1-4-27(38)36-15-20-12-23(13-21(20)16-36)37-17-25(28-29(32)33-18-34-30(28)37)19-10-11-24(26(14-19)40-3)31(39)35(2)22-8-6-5-7-9-22/h4-11,14,17-18,20-21,23H,1,12-13,15-16H2,2-3H3,(H2,32,33,34). The number of anilines is 2. The van der Waals surface area contributed by atoms with Crippen LogP contribution in [0, 0.1) is 11.8 Å². The van der Waals surface area contributed by atoms with Crippen molar-refractivity contribution in [2.24, 2.45) is 11.8 Å². The summed E-state index contributed by atoms with van der Waals surface area (Å²) < 4.78 is 7.91. The van der Waals surface area contributed by atoms with Gasteiger partial charge in [0, 0.05) is 43.6 Å². The number of nitrogens with two attached hydrogens (primary N) is 1. The summed E-state index contributed by atoms with van der Waals surface area (Å²) in [7, 11) is 3.32. The third kappa shape index (κ3) is 4.27. The van der Waals surface area contributed by atoms with E-state index in [0.717, 1.165) is 53.8 Å². The minimum atomic E-state index is -0.165. The highest BCUT2D eigenvalue weighted by molar-refractivity contribution is 6.08. The van der Waals surface area contributed by atoms with Crippen molar-refractivity contribution in [3.8, 4) is 16.9 Å². The molecule has 204 valence electrons. The van der Waals surface area contributed by atoms with Gasteiger partial charge in [0.15, 0.2) is 0 Å². The van der Waals surface area contributed by atoms with Crippen molar-refractivity contribution in [3.63, 3.8) is 0 Å². The third-order valence-corrected chi connectivity index (χ3v) is 8.44. The van der Waals surface area contributed by atoms with E-state index in [-0.39, 0.29) is 17.9 Å². The highest BCUT2D eigenvalue weighted by Gasteiger charge is 2.43. The zero-order chi connectivity index (χ0) is 28.0. The number of methoxy groups -OCH3 is 1. The number of carbonyl (C=O) groups is 2. The van der Waals surface area contributed by atoms with Gasteiger partial charge in [-0.1, -0.05) is 30.8 Å². The molecule has 2 aliphatic rings. The van der Waals surface area contributed by atoms with Gasteiger partial charge in [-0.05, 0) is 60.6 Å². The highest BCUT2D eigenvalue weighted by Crippen LogP contribution is 2.46. The summed E-state index contributed by atoms with van der Waals surface area (Å²) >= 11 is 0. The molecule has 6 rings (SSSR count). The molecule has 4 aromatic rings. The number of fused-ring (bicyclic) bond motifs is 2. The van der Waals surface area contributed by atoms with Gasteiger partial charge in [-0.25, -0.2) is 9.97 Å². The van der Waals surface area contributed by atoms with Crippen LogP contribution in [0.5, 0.6) is 5.75 Å². The van der Waals surface area contributed by atoms with E-state index >= 15 is 0 Å². The van der Waals surface area contributed by atoms with E-state index in [4.69, 9.17) is 10.5 Å². The first-order valence-electron chi connectivity index (χ1n) is 13.4. The van der Waals surface area contributed by atoms with Crippen LogP contribution in [-0.2, 0) is 4.79 Å². The minimum Gasteiger partial charge on any atom is -0.496 e. The van der Waals surface area contributed by atoms with Crippen molar-refractivity contribution in [1.82, 2.24) is 19.4 Å². The van der Waals surface area contributed by atoms with Gasteiger partial charge >= 0.3 is 0 Å². The number of amides is 2. The minimum absolute atomic E-state index is 0.00556. The van der Waals surface area contributed by atoms with Gasteiger partial charge in [-0.15, -0.1) is 0 Å². The van der Waals surface area contributed by atoms with Gasteiger partial charge in [-0.2, -0.15) is 0 Å².